The molecule has 0 N–H and O–H groups in total. The first-order valence-corrected chi connectivity index (χ1v) is 8.53. The standard InChI is InChI=1S/C11H16N2O5S2/c1-20(14,15)18-13-10(12-8-19)9-7-16-11(17-9)5-3-2-4-6-11/h9H,2-7H2,1H3/b13-10-/t9-/m1/s1. The average Bonchev–Trinajstić information content (AvgIpc) is 2.78. The van der Waals surface area contributed by atoms with Crippen LogP contribution in [0.5, 0.6) is 0 Å². The van der Waals surface area contributed by atoms with Gasteiger partial charge in [-0.2, -0.15) is 13.4 Å². The van der Waals surface area contributed by atoms with Crippen molar-refractivity contribution in [2.24, 2.45) is 10.1 Å². The fourth-order valence-corrected chi connectivity index (χ4v) is 2.64. The number of amidine groups is 1. The van der Waals surface area contributed by atoms with Gasteiger partial charge in [-0.1, -0.05) is 6.42 Å². The number of nitrogens with zero attached hydrogens (tertiary/aromatic N) is 2. The number of hydrogen-bond acceptors (Lipinski definition) is 7. The number of thiocarbonyl (C=S) groups is 1. The molecule has 0 unspecified atom stereocenters. The minimum Gasteiger partial charge on any atom is -0.347 e. The van der Waals surface area contributed by atoms with Crippen LogP contribution in [0.1, 0.15) is 32.1 Å². The van der Waals surface area contributed by atoms with Crippen molar-refractivity contribution in [3.8, 4) is 0 Å². The lowest BCUT2D eigenvalue weighted by Crippen LogP contribution is -2.34. The van der Waals surface area contributed by atoms with Gasteiger partial charge in [-0.3, -0.25) is 4.28 Å². The summed E-state index contributed by atoms with van der Waals surface area (Å²) in [6.45, 7) is 0.243. The number of hydrogen-bond donors (Lipinski definition) is 0. The Bertz CT molecular complexity index is 533. The molecule has 2 aliphatic rings. The van der Waals surface area contributed by atoms with Crippen molar-refractivity contribution in [1.82, 2.24) is 0 Å². The molecule has 0 bridgehead atoms. The molecule has 2 rings (SSSR count). The van der Waals surface area contributed by atoms with E-state index in [0.717, 1.165) is 38.4 Å². The van der Waals surface area contributed by atoms with Crippen molar-refractivity contribution < 1.29 is 22.2 Å². The SMILES string of the molecule is CS(=O)(=O)O/N=C(\N=C=S)[C@H]1COC2(CCCCC2)O1. The summed E-state index contributed by atoms with van der Waals surface area (Å²) in [5, 5.41) is 5.61. The lowest BCUT2D eigenvalue weighted by atomic mass is 9.94. The van der Waals surface area contributed by atoms with Crippen LogP contribution in [-0.2, 0) is 23.9 Å². The Morgan fingerprint density at radius 2 is 2.10 bits per heavy atom. The van der Waals surface area contributed by atoms with Crippen molar-refractivity contribution in [1.29, 1.82) is 0 Å². The topological polar surface area (TPSA) is 86.6 Å². The van der Waals surface area contributed by atoms with Crippen LogP contribution < -0.4 is 0 Å². The molecule has 7 nitrogen and oxygen atoms in total. The van der Waals surface area contributed by atoms with Crippen molar-refractivity contribution in [2.45, 2.75) is 44.0 Å². The summed E-state index contributed by atoms with van der Waals surface area (Å²) in [6, 6.07) is 0. The van der Waals surface area contributed by atoms with Gasteiger partial charge in [0.1, 0.15) is 6.10 Å². The molecule has 1 aliphatic heterocycles. The zero-order chi connectivity index (χ0) is 14.6. The summed E-state index contributed by atoms with van der Waals surface area (Å²) >= 11 is 4.52. The van der Waals surface area contributed by atoms with E-state index in [2.05, 4.69) is 31.8 Å². The van der Waals surface area contributed by atoms with Gasteiger partial charge >= 0.3 is 10.1 Å². The summed E-state index contributed by atoms with van der Waals surface area (Å²) in [6.07, 6.45) is 5.16. The predicted molar refractivity (Wildman–Crippen MR) is 75.0 cm³/mol. The van der Waals surface area contributed by atoms with E-state index in [1.165, 1.54) is 0 Å². The molecule has 1 heterocycles. The van der Waals surface area contributed by atoms with Crippen LogP contribution in [0.3, 0.4) is 0 Å². The summed E-state index contributed by atoms with van der Waals surface area (Å²) in [5.74, 6) is -0.584. The predicted octanol–water partition coefficient (Wildman–Crippen LogP) is 1.45. The van der Waals surface area contributed by atoms with Crippen LogP contribution in [-0.4, -0.2) is 44.2 Å². The Labute approximate surface area is 123 Å². The maximum Gasteiger partial charge on any atom is 0.325 e. The molecule has 0 aromatic rings. The maximum atomic E-state index is 11.0. The molecule has 2 fully saturated rings. The van der Waals surface area contributed by atoms with Gasteiger partial charge in [0, 0.05) is 12.8 Å². The number of oxime groups is 1. The summed E-state index contributed by atoms with van der Waals surface area (Å²) in [7, 11) is -3.71. The molecule has 1 aliphatic carbocycles. The van der Waals surface area contributed by atoms with Gasteiger partial charge in [-0.15, -0.1) is 0 Å². The van der Waals surface area contributed by atoms with E-state index in [9.17, 15) is 8.42 Å². The van der Waals surface area contributed by atoms with E-state index in [4.69, 9.17) is 9.47 Å². The highest BCUT2D eigenvalue weighted by Gasteiger charge is 2.44. The monoisotopic (exact) mass is 320 g/mol. The minimum absolute atomic E-state index is 0.0212. The fourth-order valence-electron chi connectivity index (χ4n) is 2.34. The van der Waals surface area contributed by atoms with Crippen LogP contribution in [0.15, 0.2) is 10.1 Å². The van der Waals surface area contributed by atoms with E-state index in [-0.39, 0.29) is 12.4 Å². The number of rotatable bonds is 3. The van der Waals surface area contributed by atoms with Crippen molar-refractivity contribution in [2.75, 3.05) is 12.9 Å². The van der Waals surface area contributed by atoms with Gasteiger partial charge in [0.2, 0.25) is 5.84 Å². The first-order chi connectivity index (χ1) is 9.44. The third-order valence-electron chi connectivity index (χ3n) is 3.18. The van der Waals surface area contributed by atoms with Crippen molar-refractivity contribution in [3.05, 3.63) is 0 Å². The number of isothiocyanates is 1. The number of aliphatic imine (C=N–C) groups is 1. The van der Waals surface area contributed by atoms with Crippen LogP contribution >= 0.6 is 12.2 Å². The van der Waals surface area contributed by atoms with E-state index in [1.54, 1.807) is 0 Å². The van der Waals surface area contributed by atoms with E-state index >= 15 is 0 Å². The minimum atomic E-state index is -3.71. The van der Waals surface area contributed by atoms with E-state index in [0.29, 0.717) is 0 Å². The zero-order valence-corrected chi connectivity index (χ0v) is 12.7. The van der Waals surface area contributed by atoms with Crippen molar-refractivity contribution >= 4 is 33.3 Å². The van der Waals surface area contributed by atoms with Crippen LogP contribution in [0.25, 0.3) is 0 Å². The molecule has 1 spiro atoms. The largest absolute Gasteiger partial charge is 0.347 e. The Morgan fingerprint density at radius 1 is 1.40 bits per heavy atom. The van der Waals surface area contributed by atoms with Crippen LogP contribution in [0.4, 0.5) is 0 Å². The Morgan fingerprint density at radius 3 is 2.70 bits per heavy atom. The third kappa shape index (κ3) is 4.07. The van der Waals surface area contributed by atoms with Gasteiger partial charge in [-0.05, 0) is 30.2 Å². The first-order valence-electron chi connectivity index (χ1n) is 6.30. The lowest BCUT2D eigenvalue weighted by Gasteiger charge is -2.31. The van der Waals surface area contributed by atoms with Gasteiger partial charge in [0.25, 0.3) is 0 Å². The molecular formula is C11H16N2O5S2. The fraction of sp³-hybridized carbons (Fsp3) is 0.818. The van der Waals surface area contributed by atoms with Crippen LogP contribution in [0.2, 0.25) is 0 Å². The third-order valence-corrected chi connectivity index (χ3v) is 3.62. The summed E-state index contributed by atoms with van der Waals surface area (Å²) in [4.78, 5) is 3.71. The van der Waals surface area contributed by atoms with Crippen molar-refractivity contribution in [3.63, 3.8) is 0 Å². The second-order valence-corrected chi connectivity index (χ2v) is 6.56. The Kier molecular flexibility index (Phi) is 4.87. The van der Waals surface area contributed by atoms with E-state index < -0.39 is 22.0 Å². The zero-order valence-electron chi connectivity index (χ0n) is 11.1. The number of ether oxygens (including phenoxy) is 2. The molecule has 9 heteroatoms. The van der Waals surface area contributed by atoms with Gasteiger partial charge in [0.15, 0.2) is 5.79 Å². The Balaban J connectivity index is 2.09. The highest BCUT2D eigenvalue weighted by molar-refractivity contribution is 7.85. The molecule has 1 saturated heterocycles. The first kappa shape index (κ1) is 15.5. The quantitative estimate of drug-likeness (QED) is 0.339. The summed E-state index contributed by atoms with van der Waals surface area (Å²) in [5.41, 5.74) is 0. The second-order valence-electron chi connectivity index (χ2n) is 4.82. The molecule has 0 aromatic carbocycles. The lowest BCUT2D eigenvalue weighted by molar-refractivity contribution is -0.181. The smallest absolute Gasteiger partial charge is 0.325 e. The molecule has 0 aromatic heterocycles. The molecule has 0 radical (unpaired) electrons. The van der Waals surface area contributed by atoms with Gasteiger partial charge in [0.05, 0.1) is 18.0 Å². The molecule has 1 saturated carbocycles. The molecular weight excluding hydrogens is 304 g/mol. The second kappa shape index (κ2) is 6.28. The van der Waals surface area contributed by atoms with Gasteiger partial charge in [-0.25, -0.2) is 0 Å². The summed E-state index contributed by atoms with van der Waals surface area (Å²) < 4.78 is 37.9. The molecule has 1 atom stereocenters. The molecule has 112 valence electrons. The average molecular weight is 320 g/mol. The molecule has 0 amide bonds. The highest BCUT2D eigenvalue weighted by atomic mass is 32.2. The highest BCUT2D eigenvalue weighted by Crippen LogP contribution is 2.38. The maximum absolute atomic E-state index is 11.0. The normalized spacial score (nSPS) is 26.2. The van der Waals surface area contributed by atoms with Crippen LogP contribution in [0, 0.1) is 0 Å². The van der Waals surface area contributed by atoms with Gasteiger partial charge < -0.3 is 9.47 Å². The Hall–Kier alpha value is -0.860. The van der Waals surface area contributed by atoms with E-state index in [1.807, 2.05) is 0 Å². The molecule has 20 heavy (non-hydrogen) atoms.